The van der Waals surface area contributed by atoms with Crippen molar-refractivity contribution in [1.82, 2.24) is 0 Å². The molecule has 0 aromatic heterocycles. The normalized spacial score (nSPS) is 19.1. The van der Waals surface area contributed by atoms with Gasteiger partial charge < -0.3 is 19.1 Å². The maximum absolute atomic E-state index is 9.32. The Morgan fingerprint density at radius 2 is 1.44 bits per heavy atom. The van der Waals surface area contributed by atoms with E-state index in [1.54, 1.807) is 0 Å². The van der Waals surface area contributed by atoms with Gasteiger partial charge in [-0.3, -0.25) is 0 Å². The van der Waals surface area contributed by atoms with Gasteiger partial charge in [-0.1, -0.05) is 72.6 Å². The molecule has 1 N–H and O–H groups in total. The van der Waals surface area contributed by atoms with Crippen LogP contribution in [0.4, 0.5) is 0 Å². The summed E-state index contributed by atoms with van der Waals surface area (Å²) >= 11 is 0. The Morgan fingerprint density at radius 3 is 2.03 bits per heavy atom. The number of ether oxygens (including phenoxy) is 2. The summed E-state index contributed by atoms with van der Waals surface area (Å²) in [5.41, 5.74) is 4.95. The van der Waals surface area contributed by atoms with E-state index in [1.807, 2.05) is 0 Å². The molecular formula is C35H64NO3+. The zero-order chi connectivity index (χ0) is 29.2. The lowest BCUT2D eigenvalue weighted by Gasteiger charge is -2.38. The summed E-state index contributed by atoms with van der Waals surface area (Å²) in [5.74, 6) is 4.67. The summed E-state index contributed by atoms with van der Waals surface area (Å²) in [6.45, 7) is 20.9. The molecule has 0 amide bonds. The SMILES string of the molecule is Cc1c(C)c2c(c(C)c1OCC[N+](C)(C)CCO)CCC(C)(CCCC(C)CCCC(C)CCCC(C)C)O2. The van der Waals surface area contributed by atoms with Gasteiger partial charge in [0.1, 0.15) is 36.8 Å². The third-order valence-corrected chi connectivity index (χ3v) is 9.49. The first-order valence-corrected chi connectivity index (χ1v) is 16.2. The first-order valence-electron chi connectivity index (χ1n) is 16.2. The molecule has 4 nitrogen and oxygen atoms in total. The first-order chi connectivity index (χ1) is 18.3. The standard InChI is InChI=1S/C35H64NO3/c1-26(2)14-11-15-27(3)16-12-17-28(4)18-13-20-35(8)21-19-32-31(7)33(29(5)30(6)34(32)39-35)38-25-23-36(9,10)22-24-37/h26-28,37H,11-25H2,1-10H3/q+1. The molecule has 39 heavy (non-hydrogen) atoms. The summed E-state index contributed by atoms with van der Waals surface area (Å²) in [6.07, 6.45) is 14.1. The predicted molar refractivity (Wildman–Crippen MR) is 167 cm³/mol. The molecule has 0 bridgehead atoms. The van der Waals surface area contributed by atoms with Crippen LogP contribution in [0.1, 0.15) is 121 Å². The number of hydrogen-bond donors (Lipinski definition) is 1. The van der Waals surface area contributed by atoms with Crippen molar-refractivity contribution in [3.05, 3.63) is 22.3 Å². The van der Waals surface area contributed by atoms with Crippen LogP contribution in [0.5, 0.6) is 11.5 Å². The molecule has 1 heterocycles. The maximum Gasteiger partial charge on any atom is 0.137 e. The van der Waals surface area contributed by atoms with Gasteiger partial charge in [0.05, 0.1) is 20.7 Å². The fourth-order valence-corrected chi connectivity index (χ4v) is 6.25. The fraction of sp³-hybridized carbons (Fsp3) is 0.829. The highest BCUT2D eigenvalue weighted by Crippen LogP contribution is 2.45. The Kier molecular flexibility index (Phi) is 13.6. The van der Waals surface area contributed by atoms with Crippen molar-refractivity contribution in [2.75, 3.05) is 40.4 Å². The minimum atomic E-state index is -0.0739. The van der Waals surface area contributed by atoms with Crippen molar-refractivity contribution in [3.63, 3.8) is 0 Å². The monoisotopic (exact) mass is 546 g/mol. The number of benzene rings is 1. The summed E-state index contributed by atoms with van der Waals surface area (Å²) in [5, 5.41) is 9.32. The Balaban J connectivity index is 1.85. The van der Waals surface area contributed by atoms with E-state index in [4.69, 9.17) is 9.47 Å². The molecule has 4 heteroatoms. The Morgan fingerprint density at radius 1 is 0.846 bits per heavy atom. The van der Waals surface area contributed by atoms with Gasteiger partial charge in [-0.2, -0.15) is 0 Å². The van der Waals surface area contributed by atoms with Gasteiger partial charge in [-0.15, -0.1) is 0 Å². The second kappa shape index (κ2) is 15.7. The molecule has 0 fully saturated rings. The largest absolute Gasteiger partial charge is 0.487 e. The molecule has 0 saturated heterocycles. The molecule has 0 radical (unpaired) electrons. The lowest BCUT2D eigenvalue weighted by molar-refractivity contribution is -0.890. The van der Waals surface area contributed by atoms with Crippen LogP contribution in [0.3, 0.4) is 0 Å². The number of likely N-dealkylation sites (N-methyl/N-ethyl adjacent to an activating group) is 1. The van der Waals surface area contributed by atoms with Crippen molar-refractivity contribution >= 4 is 0 Å². The van der Waals surface area contributed by atoms with Crippen LogP contribution < -0.4 is 9.47 Å². The predicted octanol–water partition coefficient (Wildman–Crippen LogP) is 8.58. The highest BCUT2D eigenvalue weighted by atomic mass is 16.5. The Bertz CT molecular complexity index is 877. The second-order valence-electron chi connectivity index (χ2n) is 14.4. The van der Waals surface area contributed by atoms with Crippen molar-refractivity contribution in [3.8, 4) is 11.5 Å². The molecular weight excluding hydrogens is 482 g/mol. The molecule has 2 rings (SSSR count). The molecule has 1 aliphatic heterocycles. The molecule has 1 aromatic carbocycles. The van der Waals surface area contributed by atoms with Gasteiger partial charge in [0.2, 0.25) is 0 Å². The van der Waals surface area contributed by atoms with Gasteiger partial charge in [0, 0.05) is 5.56 Å². The van der Waals surface area contributed by atoms with Crippen LogP contribution in [-0.2, 0) is 6.42 Å². The highest BCUT2D eigenvalue weighted by molar-refractivity contribution is 5.59. The lowest BCUT2D eigenvalue weighted by atomic mass is 9.83. The number of rotatable bonds is 18. The van der Waals surface area contributed by atoms with Crippen LogP contribution in [0.15, 0.2) is 0 Å². The summed E-state index contributed by atoms with van der Waals surface area (Å²) in [7, 11) is 4.28. The van der Waals surface area contributed by atoms with Gasteiger partial charge in [0.25, 0.3) is 0 Å². The van der Waals surface area contributed by atoms with E-state index >= 15 is 0 Å². The van der Waals surface area contributed by atoms with E-state index in [0.717, 1.165) is 66.1 Å². The molecule has 0 saturated carbocycles. The van der Waals surface area contributed by atoms with Gasteiger partial charge in [-0.25, -0.2) is 0 Å². The number of nitrogens with zero attached hydrogens (tertiary/aromatic N) is 1. The maximum atomic E-state index is 9.32. The van der Waals surface area contributed by atoms with E-state index in [0.29, 0.717) is 6.61 Å². The average molecular weight is 547 g/mol. The summed E-state index contributed by atoms with van der Waals surface area (Å²) < 4.78 is 13.9. The molecule has 1 aliphatic rings. The third kappa shape index (κ3) is 10.9. The van der Waals surface area contributed by atoms with Crippen molar-refractivity contribution in [1.29, 1.82) is 0 Å². The van der Waals surface area contributed by atoms with Crippen LogP contribution >= 0.6 is 0 Å². The minimum absolute atomic E-state index is 0.0739. The molecule has 0 aliphatic carbocycles. The van der Waals surface area contributed by atoms with E-state index < -0.39 is 0 Å². The molecule has 1 aromatic rings. The number of fused-ring (bicyclic) bond motifs is 1. The van der Waals surface area contributed by atoms with Crippen LogP contribution in [0, 0.1) is 38.5 Å². The van der Waals surface area contributed by atoms with Crippen molar-refractivity contribution < 1.29 is 19.1 Å². The van der Waals surface area contributed by atoms with Crippen molar-refractivity contribution in [2.24, 2.45) is 17.8 Å². The van der Waals surface area contributed by atoms with E-state index in [1.165, 1.54) is 73.6 Å². The minimum Gasteiger partial charge on any atom is -0.487 e. The number of quaternary nitrogens is 1. The van der Waals surface area contributed by atoms with E-state index in [-0.39, 0.29) is 12.2 Å². The smallest absolute Gasteiger partial charge is 0.137 e. The summed E-state index contributed by atoms with van der Waals surface area (Å²) in [4.78, 5) is 0. The Hall–Kier alpha value is -1.26. The zero-order valence-corrected chi connectivity index (χ0v) is 27.5. The summed E-state index contributed by atoms with van der Waals surface area (Å²) in [6, 6.07) is 0. The van der Waals surface area contributed by atoms with Crippen LogP contribution in [0.2, 0.25) is 0 Å². The number of aliphatic hydroxyl groups is 1. The van der Waals surface area contributed by atoms with E-state index in [9.17, 15) is 5.11 Å². The van der Waals surface area contributed by atoms with E-state index in [2.05, 4.69) is 69.5 Å². The first kappa shape index (κ1) is 33.9. The van der Waals surface area contributed by atoms with Gasteiger partial charge >= 0.3 is 0 Å². The fourth-order valence-electron chi connectivity index (χ4n) is 6.25. The molecule has 0 spiro atoms. The zero-order valence-electron chi connectivity index (χ0n) is 27.5. The quantitative estimate of drug-likeness (QED) is 0.187. The lowest BCUT2D eigenvalue weighted by Crippen LogP contribution is -2.44. The molecule has 226 valence electrons. The third-order valence-electron chi connectivity index (χ3n) is 9.49. The van der Waals surface area contributed by atoms with Gasteiger partial charge in [0.15, 0.2) is 0 Å². The molecule has 3 unspecified atom stereocenters. The number of hydrogen-bond acceptors (Lipinski definition) is 3. The average Bonchev–Trinajstić information content (AvgIpc) is 2.84. The highest BCUT2D eigenvalue weighted by Gasteiger charge is 2.34. The van der Waals surface area contributed by atoms with Gasteiger partial charge in [-0.05, 0) is 87.8 Å². The van der Waals surface area contributed by atoms with Crippen LogP contribution in [0.25, 0.3) is 0 Å². The molecule has 3 atom stereocenters. The Labute approximate surface area is 242 Å². The topological polar surface area (TPSA) is 38.7 Å². The van der Waals surface area contributed by atoms with Crippen molar-refractivity contribution in [2.45, 2.75) is 132 Å². The van der Waals surface area contributed by atoms with Crippen LogP contribution in [-0.4, -0.2) is 55.6 Å². The number of aliphatic hydroxyl groups excluding tert-OH is 1. The second-order valence-corrected chi connectivity index (χ2v) is 14.4.